The predicted octanol–water partition coefficient (Wildman–Crippen LogP) is 7.24. The normalized spacial score (nSPS) is 11.2. The molecule has 0 N–H and O–H groups in total. The molecule has 0 atom stereocenters. The highest BCUT2D eigenvalue weighted by atomic mass is 127. The molecule has 32 heavy (non-hydrogen) atoms. The van der Waals surface area contributed by atoms with Crippen LogP contribution in [0.5, 0.6) is 11.5 Å². The van der Waals surface area contributed by atoms with Crippen LogP contribution >= 0.6 is 22.6 Å². The van der Waals surface area contributed by atoms with Crippen molar-refractivity contribution < 1.29 is 13.9 Å². The van der Waals surface area contributed by atoms with Gasteiger partial charge >= 0.3 is 0 Å². The Morgan fingerprint density at radius 3 is 2.47 bits per heavy atom. The maximum Gasteiger partial charge on any atom is 0.174 e. The minimum atomic E-state index is -0.281. The molecule has 4 aromatic rings. The predicted molar refractivity (Wildman–Crippen MR) is 134 cm³/mol. The number of nitrogens with zero attached hydrogens (tertiary/aromatic N) is 1. The van der Waals surface area contributed by atoms with Gasteiger partial charge in [-0.1, -0.05) is 48.5 Å². The molecular weight excluding hydrogens is 516 g/mol. The number of allylic oxidation sites excluding steroid dienone is 1. The molecule has 3 nitrogen and oxygen atoms in total. The lowest BCUT2D eigenvalue weighted by atomic mass is 10.00. The number of fused-ring (bicyclic) bond motifs is 1. The van der Waals surface area contributed by atoms with E-state index in [1.165, 1.54) is 12.1 Å². The number of hydrogen-bond acceptors (Lipinski definition) is 3. The van der Waals surface area contributed by atoms with E-state index in [0.29, 0.717) is 23.7 Å². The van der Waals surface area contributed by atoms with Crippen molar-refractivity contribution in [3.63, 3.8) is 0 Å². The Morgan fingerprint density at radius 1 is 1.00 bits per heavy atom. The molecule has 5 heteroatoms. The molecule has 0 aliphatic carbocycles. The van der Waals surface area contributed by atoms with Crippen LogP contribution in [0.25, 0.3) is 22.4 Å². The van der Waals surface area contributed by atoms with Crippen LogP contribution in [-0.2, 0) is 6.61 Å². The molecule has 0 aliphatic heterocycles. The van der Waals surface area contributed by atoms with Crippen molar-refractivity contribution in [2.45, 2.75) is 6.61 Å². The average Bonchev–Trinajstić information content (AvgIpc) is 2.82. The van der Waals surface area contributed by atoms with Crippen LogP contribution < -0.4 is 9.47 Å². The Bertz CT molecular complexity index is 1340. The molecule has 158 valence electrons. The van der Waals surface area contributed by atoms with Crippen LogP contribution in [0.4, 0.5) is 4.39 Å². The van der Waals surface area contributed by atoms with Crippen molar-refractivity contribution in [2.75, 3.05) is 7.11 Å². The van der Waals surface area contributed by atoms with Gasteiger partial charge in [-0.25, -0.2) is 4.39 Å². The zero-order valence-electron chi connectivity index (χ0n) is 17.3. The van der Waals surface area contributed by atoms with Crippen LogP contribution in [-0.4, -0.2) is 7.11 Å². The highest BCUT2D eigenvalue weighted by Gasteiger charge is 2.13. The van der Waals surface area contributed by atoms with Crippen molar-refractivity contribution in [1.29, 1.82) is 5.26 Å². The van der Waals surface area contributed by atoms with E-state index < -0.39 is 0 Å². The fraction of sp³-hybridized carbons (Fsp3) is 0.0741. The average molecular weight is 535 g/mol. The highest BCUT2D eigenvalue weighted by molar-refractivity contribution is 14.1. The van der Waals surface area contributed by atoms with Gasteiger partial charge in [0.25, 0.3) is 0 Å². The molecule has 0 amide bonds. The summed E-state index contributed by atoms with van der Waals surface area (Å²) in [7, 11) is 1.58. The zero-order valence-corrected chi connectivity index (χ0v) is 19.5. The molecule has 4 rings (SSSR count). The van der Waals surface area contributed by atoms with Crippen LogP contribution in [0.15, 0.2) is 78.9 Å². The molecule has 0 aliphatic rings. The summed E-state index contributed by atoms with van der Waals surface area (Å²) in [5.41, 5.74) is 3.12. The molecule has 0 saturated carbocycles. The van der Waals surface area contributed by atoms with Crippen molar-refractivity contribution in [3.8, 4) is 17.6 Å². The number of ether oxygens (including phenoxy) is 2. The van der Waals surface area contributed by atoms with Crippen LogP contribution in [0.3, 0.4) is 0 Å². The van der Waals surface area contributed by atoms with E-state index in [4.69, 9.17) is 9.47 Å². The van der Waals surface area contributed by atoms with E-state index in [0.717, 1.165) is 31.0 Å². The van der Waals surface area contributed by atoms with Gasteiger partial charge in [0.05, 0.1) is 22.3 Å². The summed E-state index contributed by atoms with van der Waals surface area (Å²) in [5, 5.41) is 12.0. The molecule has 0 bridgehead atoms. The van der Waals surface area contributed by atoms with Crippen molar-refractivity contribution in [3.05, 3.63) is 105 Å². The second-order valence-corrected chi connectivity index (χ2v) is 8.34. The van der Waals surface area contributed by atoms with Crippen molar-refractivity contribution in [1.82, 2.24) is 0 Å². The Morgan fingerprint density at radius 2 is 1.75 bits per heavy atom. The molecule has 0 radical (unpaired) electrons. The fourth-order valence-electron chi connectivity index (χ4n) is 3.40. The van der Waals surface area contributed by atoms with E-state index in [2.05, 4.69) is 28.7 Å². The van der Waals surface area contributed by atoms with E-state index in [1.54, 1.807) is 19.2 Å². The summed E-state index contributed by atoms with van der Waals surface area (Å²) in [6.45, 7) is 0.294. The van der Waals surface area contributed by atoms with Gasteiger partial charge in [0, 0.05) is 0 Å². The van der Waals surface area contributed by atoms with Gasteiger partial charge in [-0.15, -0.1) is 0 Å². The first-order valence-corrected chi connectivity index (χ1v) is 11.0. The summed E-state index contributed by atoms with van der Waals surface area (Å²) in [6.07, 6.45) is 1.85. The minimum Gasteiger partial charge on any atom is -0.493 e. The lowest BCUT2D eigenvalue weighted by Crippen LogP contribution is -2.00. The number of halogens is 2. The molecule has 0 saturated heterocycles. The van der Waals surface area contributed by atoms with Gasteiger partial charge in [-0.3, -0.25) is 0 Å². The van der Waals surface area contributed by atoms with Crippen molar-refractivity contribution in [2.24, 2.45) is 0 Å². The van der Waals surface area contributed by atoms with E-state index in [-0.39, 0.29) is 5.82 Å². The van der Waals surface area contributed by atoms with Gasteiger partial charge < -0.3 is 9.47 Å². The maximum atomic E-state index is 13.1. The Hall–Kier alpha value is -3.37. The number of hydrogen-bond donors (Lipinski definition) is 0. The summed E-state index contributed by atoms with van der Waals surface area (Å²) >= 11 is 2.19. The molecule has 0 unspecified atom stereocenters. The first-order chi connectivity index (χ1) is 15.6. The fourth-order valence-corrected chi connectivity index (χ4v) is 4.18. The Balaban J connectivity index is 1.63. The lowest BCUT2D eigenvalue weighted by Gasteiger charge is -2.14. The number of benzene rings is 4. The Labute approximate surface area is 199 Å². The molecular formula is C27H19FINO2. The third-order valence-corrected chi connectivity index (χ3v) is 5.84. The van der Waals surface area contributed by atoms with Crippen LogP contribution in [0.1, 0.15) is 16.7 Å². The lowest BCUT2D eigenvalue weighted by molar-refractivity contribution is 0.282. The highest BCUT2D eigenvalue weighted by Crippen LogP contribution is 2.36. The molecule has 4 aromatic carbocycles. The molecule has 0 aromatic heterocycles. The van der Waals surface area contributed by atoms with Crippen molar-refractivity contribution >= 4 is 45.0 Å². The zero-order chi connectivity index (χ0) is 22.5. The Kier molecular flexibility index (Phi) is 6.72. The van der Waals surface area contributed by atoms with E-state index >= 15 is 0 Å². The third-order valence-electron chi connectivity index (χ3n) is 5.04. The maximum absolute atomic E-state index is 13.1. The van der Waals surface area contributed by atoms with Gasteiger partial charge in [-0.2, -0.15) is 5.26 Å². The third kappa shape index (κ3) is 4.92. The van der Waals surface area contributed by atoms with E-state index in [1.807, 2.05) is 60.7 Å². The quantitative estimate of drug-likeness (QED) is 0.149. The number of methoxy groups -OCH3 is 1. The van der Waals surface area contributed by atoms with Crippen LogP contribution in [0, 0.1) is 20.7 Å². The summed E-state index contributed by atoms with van der Waals surface area (Å²) in [6, 6.07) is 26.4. The molecule has 0 spiro atoms. The minimum absolute atomic E-state index is 0.281. The monoisotopic (exact) mass is 535 g/mol. The first kappa shape index (κ1) is 21.8. The first-order valence-electron chi connectivity index (χ1n) is 9.93. The number of nitriles is 1. The van der Waals surface area contributed by atoms with Gasteiger partial charge in [0.1, 0.15) is 12.4 Å². The smallest absolute Gasteiger partial charge is 0.174 e. The van der Waals surface area contributed by atoms with Gasteiger partial charge in [-0.05, 0) is 86.5 Å². The molecule has 0 heterocycles. The van der Waals surface area contributed by atoms with E-state index in [9.17, 15) is 9.65 Å². The second kappa shape index (κ2) is 9.84. The SMILES string of the molecule is COc1cc(/C=C(/C#N)c2ccc3ccccc3c2)cc(I)c1OCc1ccc(F)cc1. The van der Waals surface area contributed by atoms with Crippen LogP contribution in [0.2, 0.25) is 0 Å². The number of rotatable bonds is 6. The van der Waals surface area contributed by atoms with Gasteiger partial charge in [0.2, 0.25) is 0 Å². The summed E-state index contributed by atoms with van der Waals surface area (Å²) in [4.78, 5) is 0. The summed E-state index contributed by atoms with van der Waals surface area (Å²) < 4.78 is 25.5. The second-order valence-electron chi connectivity index (χ2n) is 7.18. The standard InChI is InChI=1S/C27H19FINO2/c1-31-26-14-19(13-25(29)27(26)32-17-18-6-10-24(28)11-7-18)12-23(16-30)22-9-8-20-4-2-3-5-21(20)15-22/h2-15H,17H2,1H3/b23-12-. The topological polar surface area (TPSA) is 42.2 Å². The van der Waals surface area contributed by atoms with Gasteiger partial charge in [0.15, 0.2) is 11.5 Å². The summed E-state index contributed by atoms with van der Waals surface area (Å²) in [5.74, 6) is 0.900. The largest absolute Gasteiger partial charge is 0.493 e. The molecule has 0 fully saturated rings.